The van der Waals surface area contributed by atoms with Crippen molar-refractivity contribution in [3.05, 3.63) is 64.6 Å². The van der Waals surface area contributed by atoms with E-state index in [1.807, 2.05) is 19.2 Å². The zero-order valence-electron chi connectivity index (χ0n) is 15.0. The predicted molar refractivity (Wildman–Crippen MR) is 98.6 cm³/mol. The van der Waals surface area contributed by atoms with E-state index in [9.17, 15) is 9.59 Å². The van der Waals surface area contributed by atoms with Crippen molar-refractivity contribution in [2.24, 2.45) is 5.92 Å². The van der Waals surface area contributed by atoms with Crippen LogP contribution >= 0.6 is 0 Å². The van der Waals surface area contributed by atoms with Crippen LogP contribution in [0.2, 0.25) is 0 Å². The molecule has 1 aliphatic rings. The van der Waals surface area contributed by atoms with E-state index in [1.165, 1.54) is 0 Å². The number of nitrogens with one attached hydrogen (secondary N) is 1. The van der Waals surface area contributed by atoms with E-state index in [-0.39, 0.29) is 17.4 Å². The smallest absolute Gasteiger partial charge is 0.254 e. The van der Waals surface area contributed by atoms with Crippen LogP contribution in [0.5, 0.6) is 0 Å². The van der Waals surface area contributed by atoms with Gasteiger partial charge in [0, 0.05) is 42.5 Å². The summed E-state index contributed by atoms with van der Waals surface area (Å²) in [7, 11) is 0. The first-order valence-electron chi connectivity index (χ1n) is 8.90. The third kappa shape index (κ3) is 3.51. The minimum atomic E-state index is -0.201. The molecule has 4 rings (SSSR count). The normalized spacial score (nSPS) is 14.6. The van der Waals surface area contributed by atoms with E-state index < -0.39 is 0 Å². The molecule has 0 unspecified atom stereocenters. The fourth-order valence-electron chi connectivity index (χ4n) is 3.35. The predicted octanol–water partition coefficient (Wildman–Crippen LogP) is 1.25. The van der Waals surface area contributed by atoms with Crippen molar-refractivity contribution in [2.45, 2.75) is 26.4 Å². The molecular formula is C19H20N6O2. The summed E-state index contributed by atoms with van der Waals surface area (Å²) in [6.07, 6.45) is 7.36. The number of aromatic nitrogens is 5. The molecule has 0 saturated heterocycles. The van der Waals surface area contributed by atoms with Crippen LogP contribution in [0.4, 0.5) is 0 Å². The summed E-state index contributed by atoms with van der Waals surface area (Å²) in [5.74, 6) is 0.344. The highest BCUT2D eigenvalue weighted by atomic mass is 16.2. The van der Waals surface area contributed by atoms with Crippen LogP contribution in [0.25, 0.3) is 11.4 Å². The van der Waals surface area contributed by atoms with Gasteiger partial charge in [-0.15, -0.1) is 0 Å². The third-order valence-electron chi connectivity index (χ3n) is 4.78. The lowest BCUT2D eigenvalue weighted by Gasteiger charge is -2.30. The van der Waals surface area contributed by atoms with Crippen molar-refractivity contribution >= 4 is 5.91 Å². The van der Waals surface area contributed by atoms with E-state index in [2.05, 4.69) is 20.1 Å². The highest BCUT2D eigenvalue weighted by molar-refractivity contribution is 5.78. The molecule has 138 valence electrons. The molecule has 0 fully saturated rings. The number of carbonyl (C=O) groups excluding carboxylic acids is 1. The molecule has 1 atom stereocenters. The van der Waals surface area contributed by atoms with Crippen LogP contribution in [0.3, 0.4) is 0 Å². The maximum Gasteiger partial charge on any atom is 0.254 e. The number of aromatic amines is 1. The van der Waals surface area contributed by atoms with Crippen molar-refractivity contribution in [2.75, 3.05) is 6.54 Å². The Morgan fingerprint density at radius 1 is 1.30 bits per heavy atom. The Morgan fingerprint density at radius 3 is 2.85 bits per heavy atom. The van der Waals surface area contributed by atoms with Gasteiger partial charge in [0.25, 0.3) is 5.56 Å². The lowest BCUT2D eigenvalue weighted by atomic mass is 10.0. The number of hydrogen-bond donors (Lipinski definition) is 1. The maximum atomic E-state index is 12.8. The monoisotopic (exact) mass is 364 g/mol. The molecule has 3 aromatic rings. The molecule has 8 nitrogen and oxygen atoms in total. The average Bonchev–Trinajstić information content (AvgIpc) is 3.20. The Labute approximate surface area is 155 Å². The van der Waals surface area contributed by atoms with Crippen LogP contribution in [0.15, 0.2) is 47.8 Å². The lowest BCUT2D eigenvalue weighted by Crippen LogP contribution is -2.42. The SMILES string of the molecule is C[C@@H](Cn1cccn1)C(=O)N1CCc2c(nc(-c3ccncc3)[nH]c2=O)C1. The number of amides is 1. The number of pyridine rings is 1. The number of carbonyl (C=O) groups is 1. The standard InChI is InChI=1S/C19H20N6O2/c1-13(11-25-9-2-6-21-25)19(27)24-10-5-15-16(12-24)22-17(23-18(15)26)14-3-7-20-8-4-14/h2-4,6-9,13H,5,10-12H2,1H3,(H,22,23,26)/t13-/m0/s1. The molecule has 0 aromatic carbocycles. The van der Waals surface area contributed by atoms with E-state index >= 15 is 0 Å². The van der Waals surface area contributed by atoms with Crippen molar-refractivity contribution < 1.29 is 4.79 Å². The molecule has 0 spiro atoms. The van der Waals surface area contributed by atoms with Gasteiger partial charge in [0.05, 0.1) is 24.7 Å². The van der Waals surface area contributed by atoms with Crippen LogP contribution in [0.1, 0.15) is 18.2 Å². The molecule has 0 saturated carbocycles. The van der Waals surface area contributed by atoms with Crippen molar-refractivity contribution in [3.63, 3.8) is 0 Å². The highest BCUT2D eigenvalue weighted by Crippen LogP contribution is 2.20. The number of H-pyrrole nitrogens is 1. The molecule has 0 bridgehead atoms. The summed E-state index contributed by atoms with van der Waals surface area (Å²) in [5.41, 5.74) is 1.98. The van der Waals surface area contributed by atoms with Gasteiger partial charge in [-0.2, -0.15) is 5.10 Å². The third-order valence-corrected chi connectivity index (χ3v) is 4.78. The van der Waals surface area contributed by atoms with Crippen molar-refractivity contribution in [1.29, 1.82) is 0 Å². The number of fused-ring (bicyclic) bond motifs is 1. The molecule has 0 radical (unpaired) electrons. The zero-order chi connectivity index (χ0) is 18.8. The summed E-state index contributed by atoms with van der Waals surface area (Å²) >= 11 is 0. The summed E-state index contributed by atoms with van der Waals surface area (Å²) in [6, 6.07) is 5.43. The molecule has 1 N–H and O–H groups in total. The van der Waals surface area contributed by atoms with E-state index in [0.29, 0.717) is 43.1 Å². The van der Waals surface area contributed by atoms with Crippen molar-refractivity contribution in [3.8, 4) is 11.4 Å². The topological polar surface area (TPSA) is 96.8 Å². The Hall–Kier alpha value is -3.29. The van der Waals surface area contributed by atoms with E-state index in [0.717, 1.165) is 5.56 Å². The van der Waals surface area contributed by atoms with Gasteiger partial charge in [-0.25, -0.2) is 4.98 Å². The van der Waals surface area contributed by atoms with Gasteiger partial charge in [-0.3, -0.25) is 19.3 Å². The first kappa shape index (κ1) is 17.1. The first-order chi connectivity index (χ1) is 13.1. The quantitative estimate of drug-likeness (QED) is 0.751. The van der Waals surface area contributed by atoms with Gasteiger partial charge in [0.2, 0.25) is 5.91 Å². The maximum absolute atomic E-state index is 12.8. The number of rotatable bonds is 4. The molecule has 0 aliphatic carbocycles. The summed E-state index contributed by atoms with van der Waals surface area (Å²) in [6.45, 7) is 3.29. The fourth-order valence-corrected chi connectivity index (χ4v) is 3.35. The van der Waals surface area contributed by atoms with Crippen LogP contribution in [0, 0.1) is 5.92 Å². The van der Waals surface area contributed by atoms with Gasteiger partial charge < -0.3 is 9.88 Å². The van der Waals surface area contributed by atoms with Gasteiger partial charge in [0.15, 0.2) is 0 Å². The van der Waals surface area contributed by atoms with Crippen molar-refractivity contribution in [1.82, 2.24) is 29.6 Å². The first-order valence-corrected chi connectivity index (χ1v) is 8.90. The number of nitrogens with zero attached hydrogens (tertiary/aromatic N) is 5. The second kappa shape index (κ2) is 7.14. The molecule has 1 amide bonds. The van der Waals surface area contributed by atoms with Gasteiger partial charge in [0.1, 0.15) is 5.82 Å². The van der Waals surface area contributed by atoms with Crippen LogP contribution < -0.4 is 5.56 Å². The minimum Gasteiger partial charge on any atom is -0.336 e. The summed E-state index contributed by atoms with van der Waals surface area (Å²) < 4.78 is 1.75. The van der Waals surface area contributed by atoms with Gasteiger partial charge in [-0.05, 0) is 24.6 Å². The molecule has 4 heterocycles. The molecule has 3 aromatic heterocycles. The Bertz CT molecular complexity index is 997. The Kier molecular flexibility index (Phi) is 4.53. The Morgan fingerprint density at radius 2 is 2.11 bits per heavy atom. The molecule has 8 heteroatoms. The molecular weight excluding hydrogens is 344 g/mol. The fraction of sp³-hybridized carbons (Fsp3) is 0.316. The van der Waals surface area contributed by atoms with Crippen LogP contribution in [-0.2, 0) is 24.3 Å². The second-order valence-corrected chi connectivity index (χ2v) is 6.71. The summed E-state index contributed by atoms with van der Waals surface area (Å²) in [4.78, 5) is 38.5. The lowest BCUT2D eigenvalue weighted by molar-refractivity contribution is -0.136. The second-order valence-electron chi connectivity index (χ2n) is 6.71. The largest absolute Gasteiger partial charge is 0.336 e. The number of hydrogen-bond acceptors (Lipinski definition) is 5. The Balaban J connectivity index is 1.56. The van der Waals surface area contributed by atoms with Gasteiger partial charge >= 0.3 is 0 Å². The molecule has 1 aliphatic heterocycles. The average molecular weight is 364 g/mol. The minimum absolute atomic E-state index is 0.0451. The van der Waals surface area contributed by atoms with E-state index in [1.54, 1.807) is 40.3 Å². The molecule has 27 heavy (non-hydrogen) atoms. The zero-order valence-corrected chi connectivity index (χ0v) is 15.0. The highest BCUT2D eigenvalue weighted by Gasteiger charge is 2.27. The summed E-state index contributed by atoms with van der Waals surface area (Å²) in [5, 5.41) is 4.16. The van der Waals surface area contributed by atoms with Crippen LogP contribution in [-0.4, -0.2) is 42.1 Å². The van der Waals surface area contributed by atoms with Gasteiger partial charge in [-0.1, -0.05) is 6.92 Å². The van der Waals surface area contributed by atoms with E-state index in [4.69, 9.17) is 0 Å².